The fourth-order valence-electron chi connectivity index (χ4n) is 2.16. The summed E-state index contributed by atoms with van der Waals surface area (Å²) in [6.45, 7) is 1.54. The van der Waals surface area contributed by atoms with Crippen LogP contribution in [0.15, 0.2) is 40.8 Å². The highest BCUT2D eigenvalue weighted by Crippen LogP contribution is 2.24. The summed E-state index contributed by atoms with van der Waals surface area (Å²) >= 11 is 0. The average molecular weight is 360 g/mol. The molecule has 0 atom stereocenters. The van der Waals surface area contributed by atoms with Crippen LogP contribution in [0.3, 0.4) is 0 Å². The van der Waals surface area contributed by atoms with Gasteiger partial charge in [-0.2, -0.15) is 0 Å². The minimum absolute atomic E-state index is 0.00927. The zero-order chi connectivity index (χ0) is 18.8. The Bertz CT molecular complexity index is 1020. The van der Waals surface area contributed by atoms with Gasteiger partial charge < -0.3 is 4.42 Å². The van der Waals surface area contributed by atoms with Crippen molar-refractivity contribution in [3.8, 4) is 11.5 Å². The first kappa shape index (κ1) is 17.1. The monoisotopic (exact) mass is 360 g/mol. The molecule has 0 aliphatic carbocycles. The molecule has 0 bridgehead atoms. The molecule has 0 unspecified atom stereocenters. The molecular weight excluding hydrogens is 350 g/mol. The van der Waals surface area contributed by atoms with Gasteiger partial charge in [0.25, 0.3) is 17.5 Å². The summed E-state index contributed by atoms with van der Waals surface area (Å²) in [6, 6.07) is 6.40. The van der Waals surface area contributed by atoms with Crippen molar-refractivity contribution in [1.29, 1.82) is 0 Å². The smallest absolute Gasteiger partial charge is 0.322 e. The lowest BCUT2D eigenvalue weighted by Crippen LogP contribution is -2.12. The van der Waals surface area contributed by atoms with Gasteiger partial charge in [-0.3, -0.25) is 20.2 Å². The minimum Gasteiger partial charge on any atom is -0.403 e. The molecule has 0 fully saturated rings. The van der Waals surface area contributed by atoms with Crippen molar-refractivity contribution in [3.63, 3.8) is 0 Å². The van der Waals surface area contributed by atoms with Crippen LogP contribution in [0.1, 0.15) is 15.9 Å². The van der Waals surface area contributed by atoms with Crippen molar-refractivity contribution in [2.24, 2.45) is 0 Å². The van der Waals surface area contributed by atoms with Crippen LogP contribution >= 0.6 is 0 Å². The van der Waals surface area contributed by atoms with E-state index in [1.165, 1.54) is 12.1 Å². The summed E-state index contributed by atoms with van der Waals surface area (Å²) in [6.07, 6.45) is 0. The van der Waals surface area contributed by atoms with Gasteiger partial charge in [0.15, 0.2) is 0 Å². The summed E-state index contributed by atoms with van der Waals surface area (Å²) in [7, 11) is 0. The van der Waals surface area contributed by atoms with E-state index in [9.17, 15) is 23.7 Å². The molecule has 132 valence electrons. The third-order valence-electron chi connectivity index (χ3n) is 3.48. The van der Waals surface area contributed by atoms with Crippen molar-refractivity contribution in [2.75, 3.05) is 5.32 Å². The molecule has 2 aromatic carbocycles. The van der Waals surface area contributed by atoms with Gasteiger partial charge in [-0.15, -0.1) is 5.10 Å². The van der Waals surface area contributed by atoms with Gasteiger partial charge in [-0.25, -0.2) is 8.78 Å². The SMILES string of the molecule is Cc1ccc(C(=O)Nc2nnc(-c3ccc(F)cc3F)o2)cc1[N+](=O)[O-]. The molecule has 26 heavy (non-hydrogen) atoms. The zero-order valence-electron chi connectivity index (χ0n) is 13.2. The Balaban J connectivity index is 1.82. The van der Waals surface area contributed by atoms with E-state index in [-0.39, 0.29) is 28.7 Å². The lowest BCUT2D eigenvalue weighted by Gasteiger charge is -2.02. The first-order chi connectivity index (χ1) is 12.3. The summed E-state index contributed by atoms with van der Waals surface area (Å²) in [5, 5.41) is 20.3. The topological polar surface area (TPSA) is 111 Å². The average Bonchev–Trinajstić information content (AvgIpc) is 3.03. The highest BCUT2D eigenvalue weighted by molar-refractivity contribution is 6.03. The van der Waals surface area contributed by atoms with Crippen LogP contribution in [0.5, 0.6) is 0 Å². The lowest BCUT2D eigenvalue weighted by molar-refractivity contribution is -0.385. The molecule has 1 N–H and O–H groups in total. The van der Waals surface area contributed by atoms with Crippen LogP contribution in [-0.4, -0.2) is 21.0 Å². The number of nitrogens with one attached hydrogen (secondary N) is 1. The summed E-state index contributed by atoms with van der Waals surface area (Å²) < 4.78 is 31.8. The number of nitrogens with zero attached hydrogens (tertiary/aromatic N) is 3. The second kappa shape index (κ2) is 6.67. The van der Waals surface area contributed by atoms with Crippen LogP contribution in [-0.2, 0) is 0 Å². The van der Waals surface area contributed by atoms with E-state index in [0.29, 0.717) is 11.6 Å². The summed E-state index contributed by atoms with van der Waals surface area (Å²) in [5.74, 6) is -2.64. The van der Waals surface area contributed by atoms with E-state index < -0.39 is 22.5 Å². The molecule has 0 saturated carbocycles. The molecule has 3 aromatic rings. The lowest BCUT2D eigenvalue weighted by atomic mass is 10.1. The number of hydrogen-bond donors (Lipinski definition) is 1. The quantitative estimate of drug-likeness (QED) is 0.563. The summed E-state index contributed by atoms with van der Waals surface area (Å²) in [4.78, 5) is 22.5. The molecule has 0 spiro atoms. The number of hydrogen-bond acceptors (Lipinski definition) is 6. The number of aryl methyl sites for hydroxylation is 1. The summed E-state index contributed by atoms with van der Waals surface area (Å²) in [5.41, 5.74) is 0.0658. The number of halogens is 2. The van der Waals surface area contributed by atoms with E-state index in [1.54, 1.807) is 6.92 Å². The number of nitro groups is 1. The van der Waals surface area contributed by atoms with E-state index >= 15 is 0 Å². The predicted octanol–water partition coefficient (Wildman–Crippen LogP) is 3.48. The number of amides is 1. The Morgan fingerprint density at radius 2 is 1.96 bits per heavy atom. The molecule has 0 aliphatic rings. The van der Waals surface area contributed by atoms with Crippen LogP contribution < -0.4 is 5.32 Å². The number of rotatable bonds is 4. The van der Waals surface area contributed by atoms with E-state index in [0.717, 1.165) is 18.2 Å². The fourth-order valence-corrected chi connectivity index (χ4v) is 2.16. The van der Waals surface area contributed by atoms with Crippen molar-refractivity contribution in [1.82, 2.24) is 10.2 Å². The molecule has 0 saturated heterocycles. The van der Waals surface area contributed by atoms with Gasteiger partial charge >= 0.3 is 6.01 Å². The number of nitro benzene ring substituents is 1. The van der Waals surface area contributed by atoms with E-state index in [1.807, 2.05) is 0 Å². The number of carbonyl (C=O) groups is 1. The molecule has 1 aromatic heterocycles. The minimum atomic E-state index is -0.902. The maximum atomic E-state index is 13.7. The molecule has 0 aliphatic heterocycles. The Morgan fingerprint density at radius 3 is 2.65 bits per heavy atom. The predicted molar refractivity (Wildman–Crippen MR) is 85.4 cm³/mol. The molecule has 1 heterocycles. The Hall–Kier alpha value is -3.69. The van der Waals surface area contributed by atoms with Crippen LogP contribution in [0.25, 0.3) is 11.5 Å². The number of benzene rings is 2. The highest BCUT2D eigenvalue weighted by Gasteiger charge is 2.18. The molecule has 10 heteroatoms. The second-order valence-electron chi connectivity index (χ2n) is 5.25. The maximum absolute atomic E-state index is 13.7. The zero-order valence-corrected chi connectivity index (χ0v) is 13.2. The first-order valence-electron chi connectivity index (χ1n) is 7.20. The Morgan fingerprint density at radius 1 is 1.19 bits per heavy atom. The normalized spacial score (nSPS) is 10.6. The van der Waals surface area contributed by atoms with Gasteiger partial charge in [0.1, 0.15) is 11.6 Å². The number of aromatic nitrogens is 2. The molecule has 8 nitrogen and oxygen atoms in total. The molecule has 0 radical (unpaired) electrons. The number of carbonyl (C=O) groups excluding carboxylic acids is 1. The highest BCUT2D eigenvalue weighted by atomic mass is 19.1. The standard InChI is InChI=1S/C16H10F2N4O4/c1-8-2-3-9(6-13(8)22(24)25)14(23)19-16-21-20-15(26-16)11-5-4-10(17)7-12(11)18/h2-7H,1H3,(H,19,21,23). The third kappa shape index (κ3) is 3.38. The van der Waals surface area contributed by atoms with Gasteiger partial charge in [-0.05, 0) is 25.1 Å². The van der Waals surface area contributed by atoms with Gasteiger partial charge in [-0.1, -0.05) is 11.2 Å². The van der Waals surface area contributed by atoms with Crippen molar-refractivity contribution >= 4 is 17.6 Å². The van der Waals surface area contributed by atoms with Gasteiger partial charge in [0.05, 0.1) is 10.5 Å². The first-order valence-corrected chi connectivity index (χ1v) is 7.20. The Kier molecular flexibility index (Phi) is 4.40. The van der Waals surface area contributed by atoms with E-state index in [4.69, 9.17) is 4.42 Å². The van der Waals surface area contributed by atoms with E-state index in [2.05, 4.69) is 15.5 Å². The Labute approximate surface area is 144 Å². The van der Waals surface area contributed by atoms with Gasteiger partial charge in [0.2, 0.25) is 0 Å². The van der Waals surface area contributed by atoms with Crippen molar-refractivity contribution in [2.45, 2.75) is 6.92 Å². The largest absolute Gasteiger partial charge is 0.403 e. The van der Waals surface area contributed by atoms with Crippen LogP contribution in [0.2, 0.25) is 0 Å². The van der Waals surface area contributed by atoms with Crippen molar-refractivity contribution < 1.29 is 22.9 Å². The molecule has 1 amide bonds. The molecular formula is C16H10F2N4O4. The number of anilines is 1. The van der Waals surface area contributed by atoms with Crippen molar-refractivity contribution in [3.05, 3.63) is 69.3 Å². The maximum Gasteiger partial charge on any atom is 0.322 e. The van der Waals surface area contributed by atoms with Gasteiger partial charge in [0, 0.05) is 23.3 Å². The van der Waals surface area contributed by atoms with Crippen LogP contribution in [0.4, 0.5) is 20.5 Å². The third-order valence-corrected chi connectivity index (χ3v) is 3.48. The van der Waals surface area contributed by atoms with Crippen LogP contribution in [0, 0.1) is 28.7 Å². The molecule has 3 rings (SSSR count). The second-order valence-corrected chi connectivity index (χ2v) is 5.25. The fraction of sp³-hybridized carbons (Fsp3) is 0.0625.